The van der Waals surface area contributed by atoms with E-state index >= 15 is 0 Å². The van der Waals surface area contributed by atoms with Crippen LogP contribution in [0.15, 0.2) is 36.4 Å². The van der Waals surface area contributed by atoms with Gasteiger partial charge in [0, 0.05) is 11.4 Å². The Bertz CT molecular complexity index is 793. The van der Waals surface area contributed by atoms with Gasteiger partial charge in [0.15, 0.2) is 12.3 Å². The molecule has 1 saturated heterocycles. The van der Waals surface area contributed by atoms with Crippen LogP contribution in [-0.4, -0.2) is 18.2 Å². The van der Waals surface area contributed by atoms with Gasteiger partial charge in [0.1, 0.15) is 23.8 Å². The highest BCUT2D eigenvalue weighted by atomic mass is 32.2. The number of benzene rings is 2. The second-order valence-corrected chi connectivity index (χ2v) is 7.70. The molecule has 3 aliphatic rings. The van der Waals surface area contributed by atoms with Gasteiger partial charge < -0.3 is 4.90 Å². The minimum atomic E-state index is -0.238. The predicted octanol–water partition coefficient (Wildman–Crippen LogP) is 5.10. The van der Waals surface area contributed by atoms with Crippen LogP contribution in [-0.2, 0) is 21.2 Å². The molecule has 2 heterocycles. The lowest BCUT2D eigenvalue weighted by Crippen LogP contribution is -2.48. The van der Waals surface area contributed by atoms with E-state index in [4.69, 9.17) is 8.37 Å². The van der Waals surface area contributed by atoms with E-state index in [-0.39, 0.29) is 29.9 Å². The Labute approximate surface area is 155 Å². The standard InChI is InChI=1S/C20H19F2NO2S/c21-14-6-8-16-12(10-14)4-5-13-11-15(22)7-9-17(13)23(16)18-2-1-3-19-20(18)25-26-24-19/h6-11,18-20H,1-5H2/t18-,19-,20+/m1/s1. The second kappa shape index (κ2) is 6.51. The first kappa shape index (κ1) is 16.5. The van der Waals surface area contributed by atoms with Crippen molar-refractivity contribution >= 4 is 23.7 Å². The third kappa shape index (κ3) is 2.71. The van der Waals surface area contributed by atoms with Crippen LogP contribution in [0, 0.1) is 11.6 Å². The van der Waals surface area contributed by atoms with Crippen molar-refractivity contribution in [3.05, 3.63) is 59.2 Å². The predicted molar refractivity (Wildman–Crippen MR) is 97.3 cm³/mol. The van der Waals surface area contributed by atoms with Crippen molar-refractivity contribution in [1.29, 1.82) is 0 Å². The molecule has 3 nitrogen and oxygen atoms in total. The summed E-state index contributed by atoms with van der Waals surface area (Å²) >= 11 is 1.07. The minimum absolute atomic E-state index is 0.0531. The summed E-state index contributed by atoms with van der Waals surface area (Å²) in [7, 11) is 0. The molecule has 0 aromatic heterocycles. The lowest BCUT2D eigenvalue weighted by atomic mass is 9.88. The molecule has 0 unspecified atom stereocenters. The number of aryl methyl sites for hydroxylation is 2. The van der Waals surface area contributed by atoms with E-state index in [9.17, 15) is 8.78 Å². The number of hydrogen-bond acceptors (Lipinski definition) is 4. The van der Waals surface area contributed by atoms with E-state index < -0.39 is 0 Å². The molecule has 2 aliphatic heterocycles. The van der Waals surface area contributed by atoms with E-state index in [1.165, 1.54) is 12.1 Å². The van der Waals surface area contributed by atoms with Crippen LogP contribution < -0.4 is 4.90 Å². The molecule has 6 heteroatoms. The van der Waals surface area contributed by atoms with Crippen LogP contribution in [0.4, 0.5) is 20.2 Å². The van der Waals surface area contributed by atoms with E-state index in [1.807, 2.05) is 12.1 Å². The van der Waals surface area contributed by atoms with Crippen LogP contribution >= 0.6 is 12.3 Å². The number of rotatable bonds is 1. The van der Waals surface area contributed by atoms with Crippen molar-refractivity contribution in [2.75, 3.05) is 4.90 Å². The van der Waals surface area contributed by atoms with E-state index in [2.05, 4.69) is 4.90 Å². The molecule has 5 rings (SSSR count). The zero-order chi connectivity index (χ0) is 17.7. The smallest absolute Gasteiger partial charge is 0.159 e. The third-order valence-electron chi connectivity index (χ3n) is 5.64. The summed E-state index contributed by atoms with van der Waals surface area (Å²) in [6, 6.07) is 9.97. The summed E-state index contributed by atoms with van der Waals surface area (Å²) in [6.07, 6.45) is 4.37. The Hall–Kier alpha value is -1.63. The number of nitrogens with zero attached hydrogens (tertiary/aromatic N) is 1. The lowest BCUT2D eigenvalue weighted by Gasteiger charge is -2.41. The molecule has 2 aromatic rings. The summed E-state index contributed by atoms with van der Waals surface area (Å²) in [5.41, 5.74) is 3.89. The fourth-order valence-corrected chi connectivity index (χ4v) is 5.16. The molecule has 26 heavy (non-hydrogen) atoms. The normalized spacial score (nSPS) is 27.5. The largest absolute Gasteiger partial charge is 0.335 e. The molecule has 3 atom stereocenters. The van der Waals surface area contributed by atoms with Crippen molar-refractivity contribution in [2.45, 2.75) is 50.4 Å². The Morgan fingerprint density at radius 3 is 2.19 bits per heavy atom. The Morgan fingerprint density at radius 1 is 0.885 bits per heavy atom. The first-order valence-electron chi connectivity index (χ1n) is 9.05. The summed E-state index contributed by atoms with van der Waals surface area (Å²) in [4.78, 5) is 2.24. The molecule has 0 spiro atoms. The number of fused-ring (bicyclic) bond motifs is 3. The molecule has 2 aromatic carbocycles. The average molecular weight is 375 g/mol. The van der Waals surface area contributed by atoms with Gasteiger partial charge in [-0.25, -0.2) is 8.78 Å². The Kier molecular flexibility index (Phi) is 4.14. The van der Waals surface area contributed by atoms with E-state index in [0.717, 1.165) is 54.1 Å². The SMILES string of the molecule is Fc1ccc2c(c1)CCc1cc(F)ccc1N2[C@@H]1CCC[C@H]2OSO[C@@H]12. The van der Waals surface area contributed by atoms with Crippen molar-refractivity contribution in [1.82, 2.24) is 0 Å². The quantitative estimate of drug-likeness (QED) is 0.647. The van der Waals surface area contributed by atoms with Gasteiger partial charge in [-0.3, -0.25) is 8.37 Å². The monoisotopic (exact) mass is 375 g/mol. The van der Waals surface area contributed by atoms with Crippen molar-refractivity contribution < 1.29 is 17.1 Å². The molecule has 136 valence electrons. The molecule has 0 radical (unpaired) electrons. The van der Waals surface area contributed by atoms with E-state index in [0.29, 0.717) is 12.8 Å². The molecule has 0 N–H and O–H groups in total. The maximum Gasteiger partial charge on any atom is 0.159 e. The molecule has 1 saturated carbocycles. The first-order valence-corrected chi connectivity index (χ1v) is 9.72. The summed E-state index contributed by atoms with van der Waals surface area (Å²) in [5.74, 6) is -0.475. The van der Waals surface area contributed by atoms with Crippen molar-refractivity contribution in [3.8, 4) is 0 Å². The maximum atomic E-state index is 13.9. The molecule has 0 amide bonds. The number of anilines is 2. The van der Waals surface area contributed by atoms with Gasteiger partial charge in [-0.15, -0.1) is 0 Å². The molecule has 2 fully saturated rings. The first-order chi connectivity index (χ1) is 12.7. The Balaban J connectivity index is 1.67. The summed E-state index contributed by atoms with van der Waals surface area (Å²) < 4.78 is 39.3. The molecule has 0 bridgehead atoms. The second-order valence-electron chi connectivity index (χ2n) is 7.18. The summed E-state index contributed by atoms with van der Waals surface area (Å²) in [6.45, 7) is 0. The van der Waals surface area contributed by atoms with Gasteiger partial charge in [-0.2, -0.15) is 0 Å². The van der Waals surface area contributed by atoms with Crippen LogP contribution in [0.25, 0.3) is 0 Å². The van der Waals surface area contributed by atoms with Crippen molar-refractivity contribution in [2.24, 2.45) is 0 Å². The maximum absolute atomic E-state index is 13.9. The van der Waals surface area contributed by atoms with Crippen LogP contribution in [0.5, 0.6) is 0 Å². The van der Waals surface area contributed by atoms with Gasteiger partial charge in [0.05, 0.1) is 6.04 Å². The summed E-state index contributed by atoms with van der Waals surface area (Å²) in [5, 5.41) is 0. The zero-order valence-corrected chi connectivity index (χ0v) is 15.0. The highest BCUT2D eigenvalue weighted by Gasteiger charge is 2.44. The van der Waals surface area contributed by atoms with Gasteiger partial charge in [-0.05, 0) is 79.6 Å². The number of hydrogen-bond donors (Lipinski definition) is 0. The van der Waals surface area contributed by atoms with Gasteiger partial charge in [-0.1, -0.05) is 0 Å². The fraction of sp³-hybridized carbons (Fsp3) is 0.400. The van der Waals surface area contributed by atoms with Gasteiger partial charge >= 0.3 is 0 Å². The minimum Gasteiger partial charge on any atom is -0.335 e. The van der Waals surface area contributed by atoms with Crippen molar-refractivity contribution in [3.63, 3.8) is 0 Å². The van der Waals surface area contributed by atoms with E-state index in [1.54, 1.807) is 12.1 Å². The molecular weight excluding hydrogens is 356 g/mol. The van der Waals surface area contributed by atoms with Crippen LogP contribution in [0.2, 0.25) is 0 Å². The third-order valence-corrected chi connectivity index (χ3v) is 6.27. The number of halogens is 2. The molecule has 1 aliphatic carbocycles. The highest BCUT2D eigenvalue weighted by Crippen LogP contribution is 2.45. The fourth-order valence-electron chi connectivity index (χ4n) is 4.46. The Morgan fingerprint density at radius 2 is 1.54 bits per heavy atom. The zero-order valence-electron chi connectivity index (χ0n) is 14.2. The lowest BCUT2D eigenvalue weighted by molar-refractivity contribution is 0.0920. The highest BCUT2D eigenvalue weighted by molar-refractivity contribution is 7.90. The van der Waals surface area contributed by atoms with Gasteiger partial charge in [0.25, 0.3) is 0 Å². The van der Waals surface area contributed by atoms with Crippen LogP contribution in [0.1, 0.15) is 30.4 Å². The average Bonchev–Trinajstić information content (AvgIpc) is 3.06. The topological polar surface area (TPSA) is 21.7 Å². The van der Waals surface area contributed by atoms with Gasteiger partial charge in [0.2, 0.25) is 0 Å². The molecular formula is C20H19F2NO2S. The van der Waals surface area contributed by atoms with Crippen LogP contribution in [0.3, 0.4) is 0 Å².